The summed E-state index contributed by atoms with van der Waals surface area (Å²) in [6, 6.07) is 7.08. The molecule has 0 radical (unpaired) electrons. The van der Waals surface area contributed by atoms with Crippen molar-refractivity contribution in [3.63, 3.8) is 0 Å². The van der Waals surface area contributed by atoms with E-state index in [1.165, 1.54) is 10.7 Å². The number of nitrogens with zero attached hydrogens (tertiary/aromatic N) is 3. The molecule has 8 nitrogen and oxygen atoms in total. The first-order valence-corrected chi connectivity index (χ1v) is 9.89. The van der Waals surface area contributed by atoms with E-state index in [-0.39, 0.29) is 5.56 Å². The summed E-state index contributed by atoms with van der Waals surface area (Å²) in [4.78, 5) is 19.0. The van der Waals surface area contributed by atoms with Gasteiger partial charge in [0.05, 0.1) is 36.3 Å². The molecule has 1 N–H and O–H groups in total. The summed E-state index contributed by atoms with van der Waals surface area (Å²) in [5.41, 5.74) is 3.78. The lowest BCUT2D eigenvalue weighted by Crippen LogP contribution is -2.41. The van der Waals surface area contributed by atoms with Crippen molar-refractivity contribution in [2.75, 3.05) is 36.6 Å². The van der Waals surface area contributed by atoms with E-state index in [1.54, 1.807) is 18.5 Å². The van der Waals surface area contributed by atoms with Crippen molar-refractivity contribution in [3.05, 3.63) is 47.0 Å². The molecular formula is C20H27BN4O4. The standard InChI is InChI=1S/C20H27BN4O4/c1-19(2)20(3,4)29-21(28-19)15-5-8-18(26)25(14-15)23-17-7-6-16(13-22-17)24-9-11-27-12-10-24/h5-8,13-14H,9-12H2,1-4H3,(H,22,23). The van der Waals surface area contributed by atoms with Crippen molar-refractivity contribution < 1.29 is 14.0 Å². The Bertz CT molecular complexity index is 907. The maximum atomic E-state index is 12.3. The second kappa shape index (κ2) is 7.48. The number of rotatable bonds is 4. The number of pyridine rings is 2. The molecule has 0 spiro atoms. The van der Waals surface area contributed by atoms with Crippen molar-refractivity contribution >= 4 is 24.1 Å². The van der Waals surface area contributed by atoms with Crippen LogP contribution in [0.15, 0.2) is 41.5 Å². The minimum atomic E-state index is -0.537. The lowest BCUT2D eigenvalue weighted by Gasteiger charge is -2.32. The molecule has 4 rings (SSSR count). The van der Waals surface area contributed by atoms with E-state index in [1.807, 2.05) is 39.8 Å². The molecule has 0 atom stereocenters. The van der Waals surface area contributed by atoms with E-state index in [0.717, 1.165) is 37.5 Å². The average Bonchev–Trinajstić information content (AvgIpc) is 2.92. The smallest absolute Gasteiger partial charge is 0.399 e. The number of anilines is 2. The molecule has 2 aliphatic rings. The first-order chi connectivity index (χ1) is 13.7. The number of nitrogens with one attached hydrogen (secondary N) is 1. The summed E-state index contributed by atoms with van der Waals surface area (Å²) in [6.45, 7) is 11.2. The fourth-order valence-electron chi connectivity index (χ4n) is 3.29. The number of ether oxygens (including phenoxy) is 1. The number of hydrogen-bond donors (Lipinski definition) is 1. The van der Waals surface area contributed by atoms with Crippen LogP contribution in [0.5, 0.6) is 0 Å². The van der Waals surface area contributed by atoms with Gasteiger partial charge in [-0.1, -0.05) is 6.07 Å². The highest BCUT2D eigenvalue weighted by Crippen LogP contribution is 2.36. The Morgan fingerprint density at radius 2 is 1.72 bits per heavy atom. The molecule has 4 heterocycles. The van der Waals surface area contributed by atoms with Crippen LogP contribution in [0.25, 0.3) is 0 Å². The monoisotopic (exact) mass is 398 g/mol. The molecule has 154 valence electrons. The predicted octanol–water partition coefficient (Wildman–Crippen LogP) is 1.25. The minimum Gasteiger partial charge on any atom is -0.399 e. The Kier molecular flexibility index (Phi) is 5.14. The topological polar surface area (TPSA) is 77.9 Å². The molecular weight excluding hydrogens is 371 g/mol. The van der Waals surface area contributed by atoms with Crippen molar-refractivity contribution in [3.8, 4) is 0 Å². The minimum absolute atomic E-state index is 0.190. The van der Waals surface area contributed by atoms with E-state index < -0.39 is 18.3 Å². The zero-order valence-electron chi connectivity index (χ0n) is 17.3. The molecule has 0 bridgehead atoms. The third-order valence-electron chi connectivity index (χ3n) is 5.82. The summed E-state index contributed by atoms with van der Waals surface area (Å²) >= 11 is 0. The van der Waals surface area contributed by atoms with Crippen LogP contribution < -0.4 is 21.3 Å². The first kappa shape index (κ1) is 19.9. The van der Waals surface area contributed by atoms with Gasteiger partial charge < -0.3 is 18.9 Å². The molecule has 9 heteroatoms. The maximum absolute atomic E-state index is 12.3. The summed E-state index contributed by atoms with van der Waals surface area (Å²) < 4.78 is 18.9. The van der Waals surface area contributed by atoms with E-state index in [4.69, 9.17) is 14.0 Å². The SMILES string of the molecule is CC1(C)OB(c2ccc(=O)n(Nc3ccc(N4CCOCC4)cn3)c2)OC1(C)C. The molecule has 0 amide bonds. The van der Waals surface area contributed by atoms with Crippen molar-refractivity contribution in [2.24, 2.45) is 0 Å². The molecule has 2 aliphatic heterocycles. The molecule has 2 fully saturated rings. The average molecular weight is 398 g/mol. The van der Waals surface area contributed by atoms with Crippen LogP contribution in [0.1, 0.15) is 27.7 Å². The summed E-state index contributed by atoms with van der Waals surface area (Å²) in [5.74, 6) is 0.579. The van der Waals surface area contributed by atoms with Crippen molar-refractivity contribution in [1.82, 2.24) is 9.66 Å². The van der Waals surface area contributed by atoms with Crippen LogP contribution in [-0.4, -0.2) is 54.3 Å². The molecule has 2 saturated heterocycles. The predicted molar refractivity (Wildman–Crippen MR) is 113 cm³/mol. The van der Waals surface area contributed by atoms with Crippen LogP contribution in [0.3, 0.4) is 0 Å². The van der Waals surface area contributed by atoms with Gasteiger partial charge in [-0.3, -0.25) is 10.2 Å². The van der Waals surface area contributed by atoms with Crippen LogP contribution in [-0.2, 0) is 14.0 Å². The van der Waals surface area contributed by atoms with E-state index >= 15 is 0 Å². The second-order valence-corrected chi connectivity index (χ2v) is 8.37. The Morgan fingerprint density at radius 1 is 1.03 bits per heavy atom. The fourth-order valence-corrected chi connectivity index (χ4v) is 3.29. The van der Waals surface area contributed by atoms with Crippen molar-refractivity contribution in [2.45, 2.75) is 38.9 Å². The first-order valence-electron chi connectivity index (χ1n) is 9.89. The van der Waals surface area contributed by atoms with Crippen molar-refractivity contribution in [1.29, 1.82) is 0 Å². The van der Waals surface area contributed by atoms with E-state index in [9.17, 15) is 4.79 Å². The summed E-state index contributed by atoms with van der Waals surface area (Å²) in [5, 5.41) is 0. The largest absolute Gasteiger partial charge is 0.496 e. The van der Waals surface area contributed by atoms with Crippen LogP contribution in [0.2, 0.25) is 0 Å². The molecule has 2 aromatic rings. The zero-order valence-corrected chi connectivity index (χ0v) is 17.3. The highest BCUT2D eigenvalue weighted by atomic mass is 16.7. The second-order valence-electron chi connectivity index (χ2n) is 8.37. The highest BCUT2D eigenvalue weighted by Gasteiger charge is 2.51. The number of hydrogen-bond acceptors (Lipinski definition) is 7. The lowest BCUT2D eigenvalue weighted by atomic mass is 9.80. The van der Waals surface area contributed by atoms with Gasteiger partial charge in [0.25, 0.3) is 5.56 Å². The van der Waals surface area contributed by atoms with Crippen LogP contribution in [0, 0.1) is 0 Å². The van der Waals surface area contributed by atoms with Gasteiger partial charge in [0.2, 0.25) is 0 Å². The quantitative estimate of drug-likeness (QED) is 0.777. The van der Waals surface area contributed by atoms with Gasteiger partial charge in [-0.15, -0.1) is 0 Å². The molecule has 0 unspecified atom stereocenters. The fraction of sp³-hybridized carbons (Fsp3) is 0.500. The Hall–Kier alpha value is -2.36. The Labute approximate surface area is 170 Å². The third kappa shape index (κ3) is 4.03. The van der Waals surface area contributed by atoms with Gasteiger partial charge in [0, 0.05) is 30.8 Å². The summed E-state index contributed by atoms with van der Waals surface area (Å²) in [6.07, 6.45) is 3.50. The molecule has 0 saturated carbocycles. The summed E-state index contributed by atoms with van der Waals surface area (Å²) in [7, 11) is -0.537. The van der Waals surface area contributed by atoms with Gasteiger partial charge in [-0.05, 0) is 39.8 Å². The van der Waals surface area contributed by atoms with E-state index in [2.05, 4.69) is 15.3 Å². The van der Waals surface area contributed by atoms with Crippen LogP contribution in [0.4, 0.5) is 11.5 Å². The molecule has 29 heavy (non-hydrogen) atoms. The van der Waals surface area contributed by atoms with Crippen LogP contribution >= 0.6 is 0 Å². The number of aromatic nitrogens is 2. The number of morpholine rings is 1. The third-order valence-corrected chi connectivity index (χ3v) is 5.82. The molecule has 2 aromatic heterocycles. The highest BCUT2D eigenvalue weighted by molar-refractivity contribution is 6.62. The maximum Gasteiger partial charge on any atom is 0.496 e. The zero-order chi connectivity index (χ0) is 20.6. The van der Waals surface area contributed by atoms with E-state index in [0.29, 0.717) is 5.82 Å². The van der Waals surface area contributed by atoms with Gasteiger partial charge in [0.15, 0.2) is 0 Å². The molecule has 0 aliphatic carbocycles. The van der Waals surface area contributed by atoms with Gasteiger partial charge >= 0.3 is 7.12 Å². The van der Waals surface area contributed by atoms with Gasteiger partial charge in [-0.2, -0.15) is 0 Å². The Balaban J connectivity index is 1.51. The Morgan fingerprint density at radius 3 is 2.34 bits per heavy atom. The molecule has 0 aromatic carbocycles. The lowest BCUT2D eigenvalue weighted by molar-refractivity contribution is 0.00578. The normalized spacial score (nSPS) is 20.7. The van der Waals surface area contributed by atoms with Gasteiger partial charge in [-0.25, -0.2) is 9.66 Å². The van der Waals surface area contributed by atoms with Gasteiger partial charge in [0.1, 0.15) is 5.82 Å².